The second-order valence-corrected chi connectivity index (χ2v) is 4.19. The van der Waals surface area contributed by atoms with Crippen LogP contribution in [0.5, 0.6) is 0 Å². The predicted octanol–water partition coefficient (Wildman–Crippen LogP) is -0.122. The molecule has 2 unspecified atom stereocenters. The van der Waals surface area contributed by atoms with Crippen molar-refractivity contribution in [3.05, 3.63) is 17.5 Å². The molecule has 0 spiro atoms. The highest BCUT2D eigenvalue weighted by Gasteiger charge is 2.58. The van der Waals surface area contributed by atoms with Crippen molar-refractivity contribution in [2.24, 2.45) is 11.8 Å². The number of piperidine rings is 1. The van der Waals surface area contributed by atoms with E-state index in [0.717, 1.165) is 4.90 Å². The Morgan fingerprint density at radius 3 is 2.65 bits per heavy atom. The van der Waals surface area contributed by atoms with E-state index < -0.39 is 5.97 Å². The van der Waals surface area contributed by atoms with E-state index in [1.165, 1.54) is 6.07 Å². The van der Waals surface area contributed by atoms with Crippen molar-refractivity contribution in [3.8, 4) is 0 Å². The SMILES string of the molecule is O=C(O)c1cc(CN2C(=O)C3CC3C2=O)on1. The number of carboxylic acid groups (broad SMARTS) is 1. The van der Waals surface area contributed by atoms with Gasteiger partial charge < -0.3 is 9.63 Å². The minimum Gasteiger partial charge on any atom is -0.476 e. The van der Waals surface area contributed by atoms with Gasteiger partial charge in [-0.25, -0.2) is 4.79 Å². The highest BCUT2D eigenvalue weighted by molar-refractivity contribution is 6.08. The number of carboxylic acids is 1. The van der Waals surface area contributed by atoms with Gasteiger partial charge in [0.15, 0.2) is 11.5 Å². The number of carbonyl (C=O) groups excluding carboxylic acids is 2. The number of aromatic nitrogens is 1. The average molecular weight is 236 g/mol. The zero-order chi connectivity index (χ0) is 12.2. The van der Waals surface area contributed by atoms with Gasteiger partial charge in [-0.15, -0.1) is 0 Å². The Labute approximate surface area is 95.0 Å². The molecule has 2 aliphatic rings. The minimum absolute atomic E-state index is 0.0368. The van der Waals surface area contributed by atoms with Crippen LogP contribution in [0.4, 0.5) is 0 Å². The molecule has 0 bridgehead atoms. The minimum atomic E-state index is -1.21. The third kappa shape index (κ3) is 1.42. The number of hydrogen-bond acceptors (Lipinski definition) is 5. The van der Waals surface area contributed by atoms with E-state index in [2.05, 4.69) is 5.16 Å². The van der Waals surface area contributed by atoms with Gasteiger partial charge in [-0.3, -0.25) is 14.5 Å². The lowest BCUT2D eigenvalue weighted by molar-refractivity contribution is -0.142. The highest BCUT2D eigenvalue weighted by Crippen LogP contribution is 2.47. The summed E-state index contributed by atoms with van der Waals surface area (Å²) < 4.78 is 4.76. The summed E-state index contributed by atoms with van der Waals surface area (Å²) in [7, 11) is 0. The summed E-state index contributed by atoms with van der Waals surface area (Å²) in [5, 5.41) is 12.0. The first kappa shape index (κ1) is 10.0. The van der Waals surface area contributed by atoms with Crippen LogP contribution in [0.15, 0.2) is 10.6 Å². The molecule has 2 fully saturated rings. The van der Waals surface area contributed by atoms with Gasteiger partial charge in [0, 0.05) is 6.07 Å². The molecule has 1 saturated carbocycles. The number of hydrogen-bond donors (Lipinski definition) is 1. The van der Waals surface area contributed by atoms with Crippen molar-refractivity contribution in [3.63, 3.8) is 0 Å². The fourth-order valence-electron chi connectivity index (χ4n) is 2.05. The van der Waals surface area contributed by atoms with E-state index in [-0.39, 0.29) is 41.6 Å². The monoisotopic (exact) mass is 236 g/mol. The maximum absolute atomic E-state index is 11.6. The number of likely N-dealkylation sites (tertiary alicyclic amines) is 1. The predicted molar refractivity (Wildman–Crippen MR) is 50.6 cm³/mol. The van der Waals surface area contributed by atoms with E-state index in [1.807, 2.05) is 0 Å². The fraction of sp³-hybridized carbons (Fsp3) is 0.400. The Bertz CT molecular complexity index is 515. The molecule has 2 amide bonds. The molecule has 0 radical (unpaired) electrons. The Morgan fingerprint density at radius 1 is 1.47 bits per heavy atom. The van der Waals surface area contributed by atoms with Gasteiger partial charge in [-0.1, -0.05) is 5.16 Å². The molecule has 1 aromatic heterocycles. The second-order valence-electron chi connectivity index (χ2n) is 4.19. The van der Waals surface area contributed by atoms with Crippen molar-refractivity contribution in [2.75, 3.05) is 0 Å². The van der Waals surface area contributed by atoms with E-state index in [1.54, 1.807) is 0 Å². The smallest absolute Gasteiger partial charge is 0.358 e. The van der Waals surface area contributed by atoms with Gasteiger partial charge in [0.1, 0.15) is 0 Å². The first-order valence-corrected chi connectivity index (χ1v) is 5.12. The molecule has 2 atom stereocenters. The molecule has 7 nitrogen and oxygen atoms in total. The van der Waals surface area contributed by atoms with Crippen LogP contribution in [-0.4, -0.2) is 32.9 Å². The van der Waals surface area contributed by atoms with Crippen LogP contribution >= 0.6 is 0 Å². The topological polar surface area (TPSA) is 101 Å². The Balaban J connectivity index is 1.76. The maximum atomic E-state index is 11.6. The summed E-state index contributed by atoms with van der Waals surface area (Å²) in [6.45, 7) is -0.0368. The quantitative estimate of drug-likeness (QED) is 0.734. The van der Waals surface area contributed by atoms with Crippen LogP contribution in [0, 0.1) is 11.8 Å². The van der Waals surface area contributed by atoms with E-state index in [9.17, 15) is 14.4 Å². The summed E-state index contributed by atoms with van der Waals surface area (Å²) in [4.78, 5) is 34.9. The highest BCUT2D eigenvalue weighted by atomic mass is 16.5. The number of aromatic carboxylic acids is 1. The van der Waals surface area contributed by atoms with Crippen molar-refractivity contribution in [2.45, 2.75) is 13.0 Å². The van der Waals surface area contributed by atoms with Gasteiger partial charge in [0.2, 0.25) is 11.8 Å². The summed E-state index contributed by atoms with van der Waals surface area (Å²) in [5.41, 5.74) is -0.232. The molecular formula is C10H8N2O5. The number of amides is 2. The van der Waals surface area contributed by atoms with Gasteiger partial charge in [-0.05, 0) is 6.42 Å². The van der Waals surface area contributed by atoms with Crippen LogP contribution in [-0.2, 0) is 16.1 Å². The third-order valence-electron chi connectivity index (χ3n) is 3.05. The molecule has 3 rings (SSSR count). The summed E-state index contributed by atoms with van der Waals surface area (Å²) in [6.07, 6.45) is 0.644. The Hall–Kier alpha value is -2.18. The van der Waals surface area contributed by atoms with E-state index >= 15 is 0 Å². The lowest BCUT2D eigenvalue weighted by Crippen LogP contribution is -2.32. The molecule has 88 valence electrons. The molecule has 1 aliphatic heterocycles. The number of carbonyl (C=O) groups is 3. The summed E-state index contributed by atoms with van der Waals surface area (Å²) in [5.74, 6) is -1.73. The molecule has 1 saturated heterocycles. The third-order valence-corrected chi connectivity index (χ3v) is 3.05. The molecule has 1 aromatic rings. The van der Waals surface area contributed by atoms with E-state index in [0.29, 0.717) is 6.42 Å². The molecule has 1 N–H and O–H groups in total. The summed E-state index contributed by atoms with van der Waals surface area (Å²) >= 11 is 0. The number of nitrogens with zero attached hydrogens (tertiary/aromatic N) is 2. The molecular weight excluding hydrogens is 228 g/mol. The first-order chi connectivity index (χ1) is 8.08. The molecule has 7 heteroatoms. The molecule has 17 heavy (non-hydrogen) atoms. The van der Waals surface area contributed by atoms with Gasteiger partial charge >= 0.3 is 5.97 Å². The zero-order valence-electron chi connectivity index (χ0n) is 8.62. The summed E-state index contributed by atoms with van der Waals surface area (Å²) in [6, 6.07) is 1.22. The van der Waals surface area contributed by atoms with Crippen molar-refractivity contribution >= 4 is 17.8 Å². The fourth-order valence-corrected chi connectivity index (χ4v) is 2.05. The number of imide groups is 1. The number of rotatable bonds is 3. The Kier molecular flexibility index (Phi) is 1.86. The lowest BCUT2D eigenvalue weighted by atomic mass is 10.3. The van der Waals surface area contributed by atoms with Crippen molar-refractivity contribution < 1.29 is 24.0 Å². The van der Waals surface area contributed by atoms with Crippen LogP contribution < -0.4 is 0 Å². The van der Waals surface area contributed by atoms with Gasteiger partial charge in [-0.2, -0.15) is 0 Å². The zero-order valence-corrected chi connectivity index (χ0v) is 8.62. The van der Waals surface area contributed by atoms with Crippen molar-refractivity contribution in [1.29, 1.82) is 0 Å². The largest absolute Gasteiger partial charge is 0.476 e. The molecule has 2 heterocycles. The number of fused-ring (bicyclic) bond motifs is 1. The van der Waals surface area contributed by atoms with Crippen LogP contribution in [0.1, 0.15) is 22.7 Å². The van der Waals surface area contributed by atoms with Crippen molar-refractivity contribution in [1.82, 2.24) is 10.1 Å². The normalized spacial score (nSPS) is 26.2. The van der Waals surface area contributed by atoms with Gasteiger partial charge in [0.25, 0.3) is 0 Å². The van der Waals surface area contributed by atoms with E-state index in [4.69, 9.17) is 9.63 Å². The van der Waals surface area contributed by atoms with Gasteiger partial charge in [0.05, 0.1) is 18.4 Å². The molecule has 1 aliphatic carbocycles. The van der Waals surface area contributed by atoms with Crippen LogP contribution in [0.2, 0.25) is 0 Å². The maximum Gasteiger partial charge on any atom is 0.358 e. The second kappa shape index (κ2) is 3.16. The van der Waals surface area contributed by atoms with Crippen LogP contribution in [0.3, 0.4) is 0 Å². The Morgan fingerprint density at radius 2 is 2.12 bits per heavy atom. The lowest BCUT2D eigenvalue weighted by Gasteiger charge is -2.13. The average Bonchev–Trinajstić information content (AvgIpc) is 2.88. The molecule has 0 aromatic carbocycles. The standard InChI is InChI=1S/C10H8N2O5/c13-8-5-2-6(5)9(14)12(8)3-4-1-7(10(15)16)11-17-4/h1,5-6H,2-3H2,(H,15,16). The van der Waals surface area contributed by atoms with Crippen LogP contribution in [0.25, 0.3) is 0 Å². The first-order valence-electron chi connectivity index (χ1n) is 5.12.